The van der Waals surface area contributed by atoms with E-state index in [2.05, 4.69) is 45.9 Å². The van der Waals surface area contributed by atoms with Crippen LogP contribution in [-0.2, 0) is 4.74 Å². The number of hydrogen-bond donors (Lipinski definition) is 0. The third-order valence-corrected chi connectivity index (χ3v) is 5.20. The molecular formula is C24H32O2. The second-order valence-corrected chi connectivity index (χ2v) is 7.95. The van der Waals surface area contributed by atoms with E-state index in [0.29, 0.717) is 12.2 Å². The first-order valence-corrected chi connectivity index (χ1v) is 9.59. The summed E-state index contributed by atoms with van der Waals surface area (Å²) in [5.74, 6) is -0.251. The molecule has 0 unspecified atom stereocenters. The minimum Gasteiger partial charge on any atom is -0.462 e. The van der Waals surface area contributed by atoms with E-state index in [9.17, 15) is 4.79 Å². The van der Waals surface area contributed by atoms with E-state index >= 15 is 0 Å². The van der Waals surface area contributed by atoms with E-state index in [0.717, 1.165) is 11.1 Å². The van der Waals surface area contributed by atoms with Gasteiger partial charge in [-0.2, -0.15) is 0 Å². The molecule has 0 aromatic heterocycles. The van der Waals surface area contributed by atoms with Gasteiger partial charge < -0.3 is 4.74 Å². The van der Waals surface area contributed by atoms with Crippen LogP contribution in [0.1, 0.15) is 75.4 Å². The number of hydrogen-bond acceptors (Lipinski definition) is 2. The Morgan fingerprint density at radius 3 is 2.62 bits per heavy atom. The van der Waals surface area contributed by atoms with E-state index in [4.69, 9.17) is 4.74 Å². The van der Waals surface area contributed by atoms with Crippen molar-refractivity contribution in [2.24, 2.45) is 5.41 Å². The van der Waals surface area contributed by atoms with E-state index in [-0.39, 0.29) is 11.4 Å². The summed E-state index contributed by atoms with van der Waals surface area (Å²) in [5, 5.41) is 0. The summed E-state index contributed by atoms with van der Waals surface area (Å²) in [4.78, 5) is 11.9. The SMILES string of the molecule is CCOC(=O)c1ccc(/C=C(C)/C=C/C2=C(C)CCCC2(C)C)cc1C. The molecule has 0 atom stereocenters. The van der Waals surface area contributed by atoms with Crippen LogP contribution in [-0.4, -0.2) is 12.6 Å². The van der Waals surface area contributed by atoms with E-state index < -0.39 is 0 Å². The van der Waals surface area contributed by atoms with Crippen molar-refractivity contribution in [2.75, 3.05) is 6.61 Å². The molecule has 1 aliphatic rings. The lowest BCUT2D eigenvalue weighted by Crippen LogP contribution is -2.19. The van der Waals surface area contributed by atoms with Crippen molar-refractivity contribution >= 4 is 12.0 Å². The number of rotatable bonds is 5. The van der Waals surface area contributed by atoms with Crippen LogP contribution in [0.15, 0.2) is 47.1 Å². The summed E-state index contributed by atoms with van der Waals surface area (Å²) in [6, 6.07) is 5.87. The highest BCUT2D eigenvalue weighted by atomic mass is 16.5. The molecule has 0 fully saturated rings. The highest BCUT2D eigenvalue weighted by Gasteiger charge is 2.26. The highest BCUT2D eigenvalue weighted by molar-refractivity contribution is 5.91. The molecule has 0 heterocycles. The number of carbonyl (C=O) groups excluding carboxylic acids is 1. The Kier molecular flexibility index (Phi) is 6.63. The van der Waals surface area contributed by atoms with Crippen LogP contribution >= 0.6 is 0 Å². The zero-order chi connectivity index (χ0) is 19.3. The Morgan fingerprint density at radius 1 is 1.27 bits per heavy atom. The predicted octanol–water partition coefficient (Wildman–Crippen LogP) is 6.66. The van der Waals surface area contributed by atoms with Crippen LogP contribution in [0.3, 0.4) is 0 Å². The Balaban J connectivity index is 2.19. The fourth-order valence-corrected chi connectivity index (χ4v) is 3.75. The predicted molar refractivity (Wildman–Crippen MR) is 110 cm³/mol. The van der Waals surface area contributed by atoms with Gasteiger partial charge in [-0.3, -0.25) is 0 Å². The standard InChI is InChI=1S/C24H32O2/c1-7-26-23(25)21-12-11-20(16-19(21)4)15-17(2)10-13-22-18(3)9-8-14-24(22,5)6/h10-13,15-16H,7-9,14H2,1-6H3/b13-10+,17-15+. The number of carbonyl (C=O) groups is 1. The number of aryl methyl sites for hydroxylation is 1. The first-order valence-electron chi connectivity index (χ1n) is 9.59. The van der Waals surface area contributed by atoms with Gasteiger partial charge in [0.2, 0.25) is 0 Å². The average molecular weight is 353 g/mol. The van der Waals surface area contributed by atoms with Crippen molar-refractivity contribution in [2.45, 2.75) is 60.8 Å². The van der Waals surface area contributed by atoms with Gasteiger partial charge in [0.15, 0.2) is 0 Å². The second kappa shape index (κ2) is 8.53. The van der Waals surface area contributed by atoms with Crippen LogP contribution in [0.2, 0.25) is 0 Å². The average Bonchev–Trinajstić information content (AvgIpc) is 2.54. The number of benzene rings is 1. The second-order valence-electron chi connectivity index (χ2n) is 7.95. The van der Waals surface area contributed by atoms with Crippen LogP contribution in [0.25, 0.3) is 6.08 Å². The van der Waals surface area contributed by atoms with E-state index in [1.165, 1.54) is 36.0 Å². The molecule has 0 N–H and O–H groups in total. The van der Waals surface area contributed by atoms with Crippen molar-refractivity contribution in [1.29, 1.82) is 0 Å². The van der Waals surface area contributed by atoms with Crippen molar-refractivity contribution < 1.29 is 9.53 Å². The summed E-state index contributed by atoms with van der Waals surface area (Å²) in [5.41, 5.74) is 7.14. The maximum atomic E-state index is 11.9. The molecule has 0 radical (unpaired) electrons. The molecule has 1 aromatic carbocycles. The molecule has 0 saturated carbocycles. The third kappa shape index (κ3) is 4.97. The fourth-order valence-electron chi connectivity index (χ4n) is 3.75. The minimum atomic E-state index is -0.251. The van der Waals surface area contributed by atoms with Gasteiger partial charge in [-0.25, -0.2) is 4.79 Å². The zero-order valence-corrected chi connectivity index (χ0v) is 17.1. The zero-order valence-electron chi connectivity index (χ0n) is 17.1. The monoisotopic (exact) mass is 352 g/mol. The van der Waals surface area contributed by atoms with E-state index in [1.807, 2.05) is 32.0 Å². The van der Waals surface area contributed by atoms with Crippen molar-refractivity contribution in [3.05, 3.63) is 63.8 Å². The van der Waals surface area contributed by atoms with Crippen molar-refractivity contribution in [3.8, 4) is 0 Å². The summed E-state index contributed by atoms with van der Waals surface area (Å²) in [6.45, 7) is 13.2. The lowest BCUT2D eigenvalue weighted by molar-refractivity contribution is 0.0525. The van der Waals surface area contributed by atoms with Crippen molar-refractivity contribution in [1.82, 2.24) is 0 Å². The third-order valence-electron chi connectivity index (χ3n) is 5.20. The quantitative estimate of drug-likeness (QED) is 0.437. The summed E-state index contributed by atoms with van der Waals surface area (Å²) < 4.78 is 5.09. The molecule has 2 rings (SSSR count). The Hall–Kier alpha value is -2.09. The molecule has 0 aliphatic heterocycles. The fraction of sp³-hybridized carbons (Fsp3) is 0.458. The number of esters is 1. The maximum Gasteiger partial charge on any atom is 0.338 e. The first kappa shape index (κ1) is 20.2. The Morgan fingerprint density at radius 2 is 2.00 bits per heavy atom. The molecule has 1 aromatic rings. The summed E-state index contributed by atoms with van der Waals surface area (Å²) >= 11 is 0. The summed E-state index contributed by atoms with van der Waals surface area (Å²) in [6.07, 6.45) is 10.4. The van der Waals surface area contributed by atoms with E-state index in [1.54, 1.807) is 0 Å². The van der Waals surface area contributed by atoms with Gasteiger partial charge >= 0.3 is 5.97 Å². The molecule has 2 heteroatoms. The molecule has 26 heavy (non-hydrogen) atoms. The topological polar surface area (TPSA) is 26.3 Å². The number of ether oxygens (including phenoxy) is 1. The molecule has 1 aliphatic carbocycles. The van der Waals surface area contributed by atoms with Gasteiger partial charge in [0.25, 0.3) is 0 Å². The largest absolute Gasteiger partial charge is 0.462 e. The molecule has 140 valence electrons. The summed E-state index contributed by atoms with van der Waals surface area (Å²) in [7, 11) is 0. The van der Waals surface area contributed by atoms with Gasteiger partial charge in [-0.05, 0) is 75.1 Å². The molecule has 0 amide bonds. The Bertz CT molecular complexity index is 760. The lowest BCUT2D eigenvalue weighted by Gasteiger charge is -2.32. The van der Waals surface area contributed by atoms with Gasteiger partial charge in [0.05, 0.1) is 12.2 Å². The first-order chi connectivity index (χ1) is 12.2. The van der Waals surface area contributed by atoms with Gasteiger partial charge in [-0.1, -0.05) is 55.4 Å². The molecule has 2 nitrogen and oxygen atoms in total. The van der Waals surface area contributed by atoms with Gasteiger partial charge in [0, 0.05) is 0 Å². The van der Waals surface area contributed by atoms with Gasteiger partial charge in [0.1, 0.15) is 0 Å². The molecule has 0 spiro atoms. The minimum absolute atomic E-state index is 0.251. The smallest absolute Gasteiger partial charge is 0.338 e. The van der Waals surface area contributed by atoms with Gasteiger partial charge in [-0.15, -0.1) is 0 Å². The van der Waals surface area contributed by atoms with Crippen LogP contribution < -0.4 is 0 Å². The normalized spacial score (nSPS) is 17.7. The molecule has 0 bridgehead atoms. The lowest BCUT2D eigenvalue weighted by atomic mass is 9.72. The van der Waals surface area contributed by atoms with Crippen LogP contribution in [0.5, 0.6) is 0 Å². The highest BCUT2D eigenvalue weighted by Crippen LogP contribution is 2.40. The Labute approximate surface area is 158 Å². The van der Waals surface area contributed by atoms with Crippen LogP contribution in [0.4, 0.5) is 0 Å². The molecular weight excluding hydrogens is 320 g/mol. The van der Waals surface area contributed by atoms with Crippen LogP contribution in [0, 0.1) is 12.3 Å². The number of allylic oxidation sites excluding steroid dienone is 5. The molecule has 0 saturated heterocycles. The maximum absolute atomic E-state index is 11.9. The van der Waals surface area contributed by atoms with Crippen molar-refractivity contribution in [3.63, 3.8) is 0 Å².